The predicted molar refractivity (Wildman–Crippen MR) is 115 cm³/mol. The summed E-state index contributed by atoms with van der Waals surface area (Å²) >= 11 is 0. The van der Waals surface area contributed by atoms with Crippen LogP contribution < -0.4 is 4.74 Å². The van der Waals surface area contributed by atoms with Gasteiger partial charge in [0.15, 0.2) is 0 Å². The maximum absolute atomic E-state index is 10.7. The fourth-order valence-electron chi connectivity index (χ4n) is 3.48. The normalized spacial score (nSPS) is 11.1. The number of aryl methyl sites for hydroxylation is 2. The van der Waals surface area contributed by atoms with Crippen LogP contribution in [0.4, 0.5) is 0 Å². The standard InChI is InChI=1S/C24H24N2O4/c1-17-21(25-24(30-17)19-6-3-2-4-7-19)12-15-29-20-10-9-18-11-14-26(22(18)16-20)13-5-8-23(27)28/h2-4,6-7,9-11,14,16H,5,8,12-13,15H2,1H3,(H,27,28). The molecule has 0 atom stereocenters. The lowest BCUT2D eigenvalue weighted by Crippen LogP contribution is -2.03. The van der Waals surface area contributed by atoms with Crippen LogP contribution >= 0.6 is 0 Å². The van der Waals surface area contributed by atoms with Crippen molar-refractivity contribution < 1.29 is 19.1 Å². The van der Waals surface area contributed by atoms with E-state index in [0.29, 0.717) is 31.9 Å². The molecule has 4 rings (SSSR count). The number of hydrogen-bond donors (Lipinski definition) is 1. The van der Waals surface area contributed by atoms with Crippen molar-refractivity contribution in [1.82, 2.24) is 9.55 Å². The van der Waals surface area contributed by atoms with Crippen molar-refractivity contribution >= 4 is 16.9 Å². The molecular formula is C24H24N2O4. The second kappa shape index (κ2) is 8.86. The summed E-state index contributed by atoms with van der Waals surface area (Å²) in [5, 5.41) is 9.94. The first-order valence-electron chi connectivity index (χ1n) is 10.1. The van der Waals surface area contributed by atoms with Gasteiger partial charge in [-0.3, -0.25) is 4.79 Å². The summed E-state index contributed by atoms with van der Waals surface area (Å²) in [5.74, 6) is 1.45. The van der Waals surface area contributed by atoms with Gasteiger partial charge in [0.05, 0.1) is 17.8 Å². The zero-order valence-electron chi connectivity index (χ0n) is 16.9. The molecule has 0 aliphatic carbocycles. The number of fused-ring (bicyclic) bond motifs is 1. The van der Waals surface area contributed by atoms with Crippen LogP contribution in [0.25, 0.3) is 22.4 Å². The number of rotatable bonds is 9. The van der Waals surface area contributed by atoms with E-state index in [4.69, 9.17) is 14.3 Å². The SMILES string of the molecule is Cc1oc(-c2ccccc2)nc1CCOc1ccc2ccn(CCCC(=O)O)c2c1. The Balaban J connectivity index is 1.39. The Morgan fingerprint density at radius 1 is 1.17 bits per heavy atom. The molecule has 1 N–H and O–H groups in total. The smallest absolute Gasteiger partial charge is 0.303 e. The van der Waals surface area contributed by atoms with E-state index >= 15 is 0 Å². The van der Waals surface area contributed by atoms with Gasteiger partial charge >= 0.3 is 5.97 Å². The molecule has 4 aromatic rings. The first kappa shape index (κ1) is 19.8. The maximum Gasteiger partial charge on any atom is 0.303 e. The summed E-state index contributed by atoms with van der Waals surface area (Å²) in [5.41, 5.74) is 2.90. The topological polar surface area (TPSA) is 77.5 Å². The number of hydrogen-bond acceptors (Lipinski definition) is 4. The van der Waals surface area contributed by atoms with Crippen LogP contribution in [0.1, 0.15) is 24.3 Å². The van der Waals surface area contributed by atoms with Gasteiger partial charge in [0.1, 0.15) is 11.5 Å². The fourth-order valence-corrected chi connectivity index (χ4v) is 3.48. The van der Waals surface area contributed by atoms with E-state index < -0.39 is 5.97 Å². The Morgan fingerprint density at radius 3 is 2.80 bits per heavy atom. The number of aromatic nitrogens is 2. The lowest BCUT2D eigenvalue weighted by molar-refractivity contribution is -0.137. The van der Waals surface area contributed by atoms with Crippen molar-refractivity contribution in [2.75, 3.05) is 6.61 Å². The Bertz CT molecular complexity index is 1140. The maximum atomic E-state index is 10.7. The van der Waals surface area contributed by atoms with Gasteiger partial charge in [-0.15, -0.1) is 0 Å². The van der Waals surface area contributed by atoms with E-state index in [0.717, 1.165) is 33.7 Å². The van der Waals surface area contributed by atoms with Crippen molar-refractivity contribution in [2.24, 2.45) is 0 Å². The number of benzene rings is 2. The molecule has 0 amide bonds. The van der Waals surface area contributed by atoms with Crippen molar-refractivity contribution in [2.45, 2.75) is 32.7 Å². The largest absolute Gasteiger partial charge is 0.493 e. The Labute approximate surface area is 174 Å². The summed E-state index contributed by atoms with van der Waals surface area (Å²) in [7, 11) is 0. The van der Waals surface area contributed by atoms with Crippen molar-refractivity contribution in [3.63, 3.8) is 0 Å². The Kier molecular flexibility index (Phi) is 5.84. The Hall–Kier alpha value is -3.54. The molecule has 0 fully saturated rings. The molecule has 0 bridgehead atoms. The van der Waals surface area contributed by atoms with Crippen LogP contribution in [-0.2, 0) is 17.8 Å². The van der Waals surface area contributed by atoms with Crippen LogP contribution in [0.3, 0.4) is 0 Å². The van der Waals surface area contributed by atoms with Gasteiger partial charge in [-0.05, 0) is 49.1 Å². The van der Waals surface area contributed by atoms with E-state index in [9.17, 15) is 4.79 Å². The third kappa shape index (κ3) is 4.54. The summed E-state index contributed by atoms with van der Waals surface area (Å²) in [6.07, 6.45) is 3.40. The second-order valence-corrected chi connectivity index (χ2v) is 7.21. The highest BCUT2D eigenvalue weighted by atomic mass is 16.5. The highest BCUT2D eigenvalue weighted by Gasteiger charge is 2.11. The van der Waals surface area contributed by atoms with Crippen molar-refractivity contribution in [3.05, 3.63) is 72.2 Å². The zero-order chi connectivity index (χ0) is 20.9. The summed E-state index contributed by atoms with van der Waals surface area (Å²) < 4.78 is 13.8. The van der Waals surface area contributed by atoms with Gasteiger partial charge in [-0.25, -0.2) is 4.98 Å². The Morgan fingerprint density at radius 2 is 2.00 bits per heavy atom. The van der Waals surface area contributed by atoms with Crippen LogP contribution in [-0.4, -0.2) is 27.2 Å². The lowest BCUT2D eigenvalue weighted by Gasteiger charge is -2.08. The number of carbonyl (C=O) groups is 1. The number of oxazole rings is 1. The van der Waals surface area contributed by atoms with E-state index in [2.05, 4.69) is 9.55 Å². The highest BCUT2D eigenvalue weighted by molar-refractivity contribution is 5.81. The van der Waals surface area contributed by atoms with Gasteiger partial charge in [-0.1, -0.05) is 18.2 Å². The second-order valence-electron chi connectivity index (χ2n) is 7.21. The van der Waals surface area contributed by atoms with Gasteiger partial charge < -0.3 is 18.8 Å². The molecule has 0 radical (unpaired) electrons. The minimum atomic E-state index is -0.769. The van der Waals surface area contributed by atoms with Crippen LogP contribution in [0, 0.1) is 6.92 Å². The van der Waals surface area contributed by atoms with E-state index in [1.54, 1.807) is 0 Å². The van der Waals surface area contributed by atoms with Gasteiger partial charge in [0.25, 0.3) is 0 Å². The lowest BCUT2D eigenvalue weighted by atomic mass is 10.2. The number of nitrogens with zero attached hydrogens (tertiary/aromatic N) is 2. The first-order valence-corrected chi connectivity index (χ1v) is 10.1. The molecule has 0 saturated heterocycles. The molecule has 6 nitrogen and oxygen atoms in total. The molecule has 154 valence electrons. The average Bonchev–Trinajstić information content (AvgIpc) is 3.32. The molecule has 0 aliphatic rings. The van der Waals surface area contributed by atoms with Gasteiger partial charge in [-0.2, -0.15) is 0 Å². The summed E-state index contributed by atoms with van der Waals surface area (Å²) in [6, 6.07) is 17.9. The minimum absolute atomic E-state index is 0.165. The van der Waals surface area contributed by atoms with E-state index in [1.807, 2.05) is 67.7 Å². The molecule has 0 aliphatic heterocycles. The number of ether oxygens (including phenoxy) is 1. The molecule has 0 saturated carbocycles. The zero-order valence-corrected chi connectivity index (χ0v) is 16.9. The van der Waals surface area contributed by atoms with E-state index in [1.165, 1.54) is 0 Å². The third-order valence-electron chi connectivity index (χ3n) is 5.06. The fraction of sp³-hybridized carbons (Fsp3) is 0.250. The molecule has 2 aromatic carbocycles. The third-order valence-corrected chi connectivity index (χ3v) is 5.06. The van der Waals surface area contributed by atoms with Crippen LogP contribution in [0.15, 0.2) is 65.2 Å². The van der Waals surface area contributed by atoms with E-state index in [-0.39, 0.29) is 6.42 Å². The molecule has 6 heteroatoms. The summed E-state index contributed by atoms with van der Waals surface area (Å²) in [4.78, 5) is 15.4. The minimum Gasteiger partial charge on any atom is -0.493 e. The van der Waals surface area contributed by atoms with Crippen LogP contribution in [0.2, 0.25) is 0 Å². The number of aliphatic carboxylic acids is 1. The summed E-state index contributed by atoms with van der Waals surface area (Å²) in [6.45, 7) is 3.08. The highest BCUT2D eigenvalue weighted by Crippen LogP contribution is 2.24. The molecule has 2 aromatic heterocycles. The average molecular weight is 404 g/mol. The quantitative estimate of drug-likeness (QED) is 0.420. The molecule has 30 heavy (non-hydrogen) atoms. The monoisotopic (exact) mass is 404 g/mol. The number of carboxylic acid groups (broad SMARTS) is 1. The molecule has 0 unspecified atom stereocenters. The van der Waals surface area contributed by atoms with Gasteiger partial charge in [0, 0.05) is 37.2 Å². The molecule has 0 spiro atoms. The number of carboxylic acids is 1. The van der Waals surface area contributed by atoms with Crippen molar-refractivity contribution in [3.8, 4) is 17.2 Å². The van der Waals surface area contributed by atoms with Crippen LogP contribution in [0.5, 0.6) is 5.75 Å². The first-order chi connectivity index (χ1) is 14.6. The van der Waals surface area contributed by atoms with Gasteiger partial charge in [0.2, 0.25) is 5.89 Å². The molecular weight excluding hydrogens is 380 g/mol. The molecule has 2 heterocycles. The van der Waals surface area contributed by atoms with Crippen molar-refractivity contribution in [1.29, 1.82) is 0 Å². The predicted octanol–water partition coefficient (Wildman–Crippen LogP) is 5.09.